The van der Waals surface area contributed by atoms with Gasteiger partial charge in [-0.1, -0.05) is 60.7 Å². The molecule has 0 fully saturated rings. The van der Waals surface area contributed by atoms with E-state index in [0.29, 0.717) is 19.6 Å². The first kappa shape index (κ1) is 29.6. The van der Waals surface area contributed by atoms with E-state index in [1.807, 2.05) is 68.7 Å². The molecule has 0 bridgehead atoms. The number of hydrogen-bond acceptors (Lipinski definition) is 5. The summed E-state index contributed by atoms with van der Waals surface area (Å²) in [7, 11) is 0. The summed E-state index contributed by atoms with van der Waals surface area (Å²) < 4.78 is 0. The number of fused-ring (bicyclic) bond motifs is 1. The molecule has 2 heterocycles. The van der Waals surface area contributed by atoms with Crippen LogP contribution < -0.4 is 5.32 Å². The van der Waals surface area contributed by atoms with Gasteiger partial charge in [0, 0.05) is 32.0 Å². The van der Waals surface area contributed by atoms with Crippen molar-refractivity contribution in [2.45, 2.75) is 84.7 Å². The molecular weight excluding hydrogens is 520 g/mol. The molecule has 4 aromatic rings. The summed E-state index contributed by atoms with van der Waals surface area (Å²) in [5, 5.41) is 13.5. The van der Waals surface area contributed by atoms with Crippen LogP contribution in [0, 0.1) is 13.8 Å². The molecule has 0 unspecified atom stereocenters. The number of benzene rings is 2. The van der Waals surface area contributed by atoms with Gasteiger partial charge in [0.05, 0.1) is 29.5 Å². The quantitative estimate of drug-likeness (QED) is 0.239. The lowest BCUT2D eigenvalue weighted by Gasteiger charge is -2.35. The van der Waals surface area contributed by atoms with Gasteiger partial charge in [-0.15, -0.1) is 0 Å². The lowest BCUT2D eigenvalue weighted by molar-refractivity contribution is -0.125. The summed E-state index contributed by atoms with van der Waals surface area (Å²) in [6.07, 6.45) is 7.04. The maximum atomic E-state index is 13.1. The fraction of sp³-hybridized carbons (Fsp3) is 0.361. The van der Waals surface area contributed by atoms with Gasteiger partial charge >= 0.3 is 0 Å². The summed E-state index contributed by atoms with van der Waals surface area (Å²) >= 11 is 0. The second kappa shape index (κ2) is 13.0. The van der Waals surface area contributed by atoms with E-state index in [0.717, 1.165) is 58.5 Å². The number of nitrogens with one attached hydrogen (secondary N) is 1. The Morgan fingerprint density at radius 1 is 1.00 bits per heavy atom. The molecule has 1 amide bonds. The Morgan fingerprint density at radius 3 is 2.57 bits per heavy atom. The summed E-state index contributed by atoms with van der Waals surface area (Å²) in [6, 6.07) is 22.6. The first-order valence-electron chi connectivity index (χ1n) is 14.9. The van der Waals surface area contributed by atoms with Crippen LogP contribution in [0.4, 0.5) is 0 Å². The van der Waals surface area contributed by atoms with E-state index in [-0.39, 0.29) is 18.6 Å². The minimum absolute atomic E-state index is 0.0288. The SMILES string of the molecule is Cc1cnc(CN(Cc2ccc(CNC(=O)C(C)(C)c3ccccc3)cc2CO)[C@H]2CCCc3cccnc32)c(C)c1. The summed E-state index contributed by atoms with van der Waals surface area (Å²) in [5.41, 5.74) is 9.12. The smallest absolute Gasteiger partial charge is 0.230 e. The number of nitrogens with zero attached hydrogens (tertiary/aromatic N) is 3. The van der Waals surface area contributed by atoms with Crippen LogP contribution in [0.1, 0.15) is 83.1 Å². The zero-order valence-corrected chi connectivity index (χ0v) is 25.2. The van der Waals surface area contributed by atoms with E-state index in [2.05, 4.69) is 48.3 Å². The molecule has 2 aromatic heterocycles. The third-order valence-electron chi connectivity index (χ3n) is 8.61. The lowest BCUT2D eigenvalue weighted by atomic mass is 9.83. The third-order valence-corrected chi connectivity index (χ3v) is 8.61. The van der Waals surface area contributed by atoms with Gasteiger partial charge in [-0.3, -0.25) is 19.7 Å². The molecule has 42 heavy (non-hydrogen) atoms. The van der Waals surface area contributed by atoms with Gasteiger partial charge in [-0.25, -0.2) is 0 Å². The van der Waals surface area contributed by atoms with E-state index < -0.39 is 5.41 Å². The minimum atomic E-state index is -0.645. The molecule has 0 saturated heterocycles. The molecule has 1 atom stereocenters. The number of aromatic nitrogens is 2. The van der Waals surface area contributed by atoms with Crippen LogP contribution in [-0.4, -0.2) is 25.9 Å². The first-order chi connectivity index (χ1) is 20.3. The van der Waals surface area contributed by atoms with Crippen LogP contribution >= 0.6 is 0 Å². The normalized spacial score (nSPS) is 15.0. The Balaban J connectivity index is 1.37. The molecule has 6 nitrogen and oxygen atoms in total. The second-order valence-electron chi connectivity index (χ2n) is 12.1. The number of aliphatic hydroxyl groups is 1. The van der Waals surface area contributed by atoms with Crippen molar-refractivity contribution in [2.24, 2.45) is 0 Å². The van der Waals surface area contributed by atoms with Gasteiger partial charge in [0.1, 0.15) is 0 Å². The fourth-order valence-electron chi connectivity index (χ4n) is 6.02. The number of aliphatic hydroxyl groups excluding tert-OH is 1. The van der Waals surface area contributed by atoms with Gasteiger partial charge in [-0.2, -0.15) is 0 Å². The number of aryl methyl sites for hydroxylation is 3. The highest BCUT2D eigenvalue weighted by Crippen LogP contribution is 2.35. The van der Waals surface area contributed by atoms with E-state index in [9.17, 15) is 9.90 Å². The topological polar surface area (TPSA) is 78.4 Å². The largest absolute Gasteiger partial charge is 0.392 e. The zero-order chi connectivity index (χ0) is 29.7. The van der Waals surface area contributed by atoms with Crippen LogP contribution in [0.3, 0.4) is 0 Å². The van der Waals surface area contributed by atoms with Crippen molar-refractivity contribution in [3.8, 4) is 0 Å². The van der Waals surface area contributed by atoms with E-state index in [4.69, 9.17) is 9.97 Å². The highest BCUT2D eigenvalue weighted by atomic mass is 16.3. The van der Waals surface area contributed by atoms with Crippen molar-refractivity contribution < 1.29 is 9.90 Å². The number of amides is 1. The summed E-state index contributed by atoms with van der Waals surface area (Å²) in [4.78, 5) is 25.2. The Bertz CT molecular complexity index is 1530. The number of pyridine rings is 2. The third kappa shape index (κ3) is 6.61. The molecule has 218 valence electrons. The van der Waals surface area contributed by atoms with Crippen molar-refractivity contribution in [1.82, 2.24) is 20.2 Å². The van der Waals surface area contributed by atoms with Gasteiger partial charge in [0.2, 0.25) is 5.91 Å². The molecule has 5 rings (SSSR count). The maximum Gasteiger partial charge on any atom is 0.230 e. The standard InChI is InChI=1S/C36H42N4O2/c1-25-18-26(2)32(38-20-25)23-40(33-14-8-10-28-11-9-17-37-34(28)33)22-29-16-15-27(19-30(29)24-41)21-39-35(42)36(3,4)31-12-6-5-7-13-31/h5-7,9,11-13,15-20,33,41H,8,10,14,21-24H2,1-4H3,(H,39,42)/t33-/m0/s1. The molecule has 0 aliphatic heterocycles. The Labute approximate surface area is 249 Å². The molecular formula is C36H42N4O2. The van der Waals surface area contributed by atoms with Crippen LogP contribution in [0.15, 0.2) is 79.1 Å². The molecule has 1 aliphatic carbocycles. The maximum absolute atomic E-state index is 13.1. The van der Waals surface area contributed by atoms with Crippen LogP contribution in [0.5, 0.6) is 0 Å². The molecule has 6 heteroatoms. The number of carbonyl (C=O) groups excluding carboxylic acids is 1. The van der Waals surface area contributed by atoms with Crippen LogP contribution in [-0.2, 0) is 42.9 Å². The fourth-order valence-corrected chi connectivity index (χ4v) is 6.02. The molecule has 0 spiro atoms. The number of carbonyl (C=O) groups is 1. The summed E-state index contributed by atoms with van der Waals surface area (Å²) in [6.45, 7) is 9.78. The Hall–Kier alpha value is -3.87. The van der Waals surface area contributed by atoms with Gasteiger partial charge in [0.25, 0.3) is 0 Å². The molecule has 1 aliphatic rings. The zero-order valence-electron chi connectivity index (χ0n) is 25.2. The van der Waals surface area contributed by atoms with E-state index >= 15 is 0 Å². The molecule has 0 radical (unpaired) electrons. The minimum Gasteiger partial charge on any atom is -0.392 e. The van der Waals surface area contributed by atoms with Gasteiger partial charge in [0.15, 0.2) is 0 Å². The molecule has 0 saturated carbocycles. The average molecular weight is 563 g/mol. The van der Waals surface area contributed by atoms with Crippen molar-refractivity contribution in [3.63, 3.8) is 0 Å². The highest BCUT2D eigenvalue weighted by molar-refractivity contribution is 5.87. The molecule has 2 N–H and O–H groups in total. The van der Waals surface area contributed by atoms with Crippen molar-refractivity contribution in [1.29, 1.82) is 0 Å². The van der Waals surface area contributed by atoms with Gasteiger partial charge in [-0.05, 0) is 92.0 Å². The van der Waals surface area contributed by atoms with Crippen molar-refractivity contribution >= 4 is 5.91 Å². The highest BCUT2D eigenvalue weighted by Gasteiger charge is 2.30. The number of rotatable bonds is 10. The Morgan fingerprint density at radius 2 is 1.81 bits per heavy atom. The van der Waals surface area contributed by atoms with Crippen LogP contribution in [0.2, 0.25) is 0 Å². The van der Waals surface area contributed by atoms with Gasteiger partial charge < -0.3 is 10.4 Å². The van der Waals surface area contributed by atoms with Crippen LogP contribution in [0.25, 0.3) is 0 Å². The predicted molar refractivity (Wildman–Crippen MR) is 167 cm³/mol. The monoisotopic (exact) mass is 562 g/mol. The predicted octanol–water partition coefficient (Wildman–Crippen LogP) is 6.26. The van der Waals surface area contributed by atoms with Crippen molar-refractivity contribution in [2.75, 3.05) is 0 Å². The van der Waals surface area contributed by atoms with E-state index in [1.54, 1.807) is 0 Å². The average Bonchev–Trinajstić information content (AvgIpc) is 3.01. The second-order valence-corrected chi connectivity index (χ2v) is 12.1. The van der Waals surface area contributed by atoms with E-state index in [1.165, 1.54) is 11.1 Å². The Kier molecular flexibility index (Phi) is 9.15. The number of hydrogen-bond donors (Lipinski definition) is 2. The summed E-state index contributed by atoms with van der Waals surface area (Å²) in [5.74, 6) is -0.0288. The molecule has 2 aromatic carbocycles. The van der Waals surface area contributed by atoms with Crippen molar-refractivity contribution in [3.05, 3.63) is 129 Å². The first-order valence-corrected chi connectivity index (χ1v) is 14.9. The lowest BCUT2D eigenvalue weighted by Crippen LogP contribution is -2.39.